The molecule has 1 saturated heterocycles. The van der Waals surface area contributed by atoms with Crippen LogP contribution >= 0.6 is 22.7 Å². The van der Waals surface area contributed by atoms with Crippen molar-refractivity contribution >= 4 is 39.5 Å². The molecule has 0 unspecified atom stereocenters. The molecule has 174 valence electrons. The predicted octanol–water partition coefficient (Wildman–Crippen LogP) is 4.15. The van der Waals surface area contributed by atoms with Gasteiger partial charge in [0.2, 0.25) is 5.91 Å². The molecule has 2 aromatic heterocycles. The standard InChI is InChI=1S/C24H27N3O4S2/c1-16-15-32-24(30)27(16)10-6-9-19(28)25-22-20(23(29)26-11-13-31-14-12-26)17(2)21(33-22)18-7-4-3-5-8-18/h3-5,7-8,15H,6,9-14H2,1-2H3,(H,25,28). The van der Waals surface area contributed by atoms with E-state index in [4.69, 9.17) is 4.74 Å². The van der Waals surface area contributed by atoms with Crippen LogP contribution in [0.25, 0.3) is 10.4 Å². The molecular formula is C24H27N3O4S2. The van der Waals surface area contributed by atoms with Crippen molar-refractivity contribution in [1.29, 1.82) is 0 Å². The van der Waals surface area contributed by atoms with Crippen LogP contribution in [0.1, 0.15) is 34.5 Å². The third-order valence-electron chi connectivity index (χ3n) is 5.71. The number of ether oxygens (including phenoxy) is 1. The van der Waals surface area contributed by atoms with Crippen LogP contribution in [-0.4, -0.2) is 47.6 Å². The molecule has 0 atom stereocenters. The Morgan fingerprint density at radius 3 is 2.52 bits per heavy atom. The minimum atomic E-state index is -0.159. The maximum absolute atomic E-state index is 13.4. The van der Waals surface area contributed by atoms with Gasteiger partial charge in [-0.3, -0.25) is 14.4 Å². The van der Waals surface area contributed by atoms with Crippen molar-refractivity contribution in [2.75, 3.05) is 31.6 Å². The van der Waals surface area contributed by atoms with Gasteiger partial charge in [-0.25, -0.2) is 0 Å². The second-order valence-electron chi connectivity index (χ2n) is 7.98. The van der Waals surface area contributed by atoms with Gasteiger partial charge in [-0.1, -0.05) is 41.7 Å². The van der Waals surface area contributed by atoms with Crippen LogP contribution < -0.4 is 10.2 Å². The molecule has 1 aliphatic heterocycles. The Morgan fingerprint density at radius 2 is 1.85 bits per heavy atom. The Hall–Kier alpha value is -2.75. The molecule has 1 fully saturated rings. The summed E-state index contributed by atoms with van der Waals surface area (Å²) in [6.45, 7) is 6.44. The largest absolute Gasteiger partial charge is 0.378 e. The highest BCUT2D eigenvalue weighted by Crippen LogP contribution is 2.40. The maximum Gasteiger partial charge on any atom is 0.307 e. The topological polar surface area (TPSA) is 80.6 Å². The summed E-state index contributed by atoms with van der Waals surface area (Å²) in [7, 11) is 0. The van der Waals surface area contributed by atoms with Crippen molar-refractivity contribution in [3.05, 3.63) is 62.2 Å². The number of nitrogens with zero attached hydrogens (tertiary/aromatic N) is 2. The van der Waals surface area contributed by atoms with Gasteiger partial charge in [-0.2, -0.15) is 0 Å². The van der Waals surface area contributed by atoms with Gasteiger partial charge in [0.25, 0.3) is 5.91 Å². The molecule has 0 radical (unpaired) electrons. The summed E-state index contributed by atoms with van der Waals surface area (Å²) in [5.41, 5.74) is 3.35. The highest BCUT2D eigenvalue weighted by molar-refractivity contribution is 7.20. The number of rotatable bonds is 7. The van der Waals surface area contributed by atoms with Gasteiger partial charge >= 0.3 is 4.87 Å². The molecule has 3 aromatic rings. The number of carbonyl (C=O) groups excluding carboxylic acids is 2. The molecule has 0 spiro atoms. The Labute approximate surface area is 200 Å². The number of anilines is 1. The number of thiazole rings is 1. The quantitative estimate of drug-likeness (QED) is 0.545. The van der Waals surface area contributed by atoms with E-state index >= 15 is 0 Å². The van der Waals surface area contributed by atoms with E-state index in [1.54, 1.807) is 9.47 Å². The molecular weight excluding hydrogens is 458 g/mol. The number of hydrogen-bond donors (Lipinski definition) is 1. The Morgan fingerprint density at radius 1 is 1.12 bits per heavy atom. The summed E-state index contributed by atoms with van der Waals surface area (Å²) < 4.78 is 7.08. The molecule has 33 heavy (non-hydrogen) atoms. The van der Waals surface area contributed by atoms with E-state index in [-0.39, 0.29) is 23.1 Å². The lowest BCUT2D eigenvalue weighted by Gasteiger charge is -2.27. The van der Waals surface area contributed by atoms with Crippen LogP contribution in [-0.2, 0) is 16.1 Å². The molecule has 1 N–H and O–H groups in total. The van der Waals surface area contributed by atoms with E-state index in [2.05, 4.69) is 5.32 Å². The first-order chi connectivity index (χ1) is 16.0. The lowest BCUT2D eigenvalue weighted by molar-refractivity contribution is -0.116. The summed E-state index contributed by atoms with van der Waals surface area (Å²) >= 11 is 2.60. The SMILES string of the molecule is Cc1c(-c2ccccc2)sc(NC(=O)CCCn2c(C)csc2=O)c1C(=O)N1CCOCC1. The first-order valence-electron chi connectivity index (χ1n) is 11.0. The van der Waals surface area contributed by atoms with E-state index in [0.29, 0.717) is 49.8 Å². The van der Waals surface area contributed by atoms with Crippen molar-refractivity contribution in [3.8, 4) is 10.4 Å². The van der Waals surface area contributed by atoms with E-state index in [1.165, 1.54) is 22.7 Å². The number of morpholine rings is 1. The number of aromatic nitrogens is 1. The fourth-order valence-electron chi connectivity index (χ4n) is 3.91. The predicted molar refractivity (Wildman–Crippen MR) is 132 cm³/mol. The molecule has 9 heteroatoms. The average Bonchev–Trinajstić information content (AvgIpc) is 3.32. The zero-order valence-electron chi connectivity index (χ0n) is 18.8. The highest BCUT2D eigenvalue weighted by Gasteiger charge is 2.27. The summed E-state index contributed by atoms with van der Waals surface area (Å²) in [6, 6.07) is 9.90. The van der Waals surface area contributed by atoms with Gasteiger partial charge in [-0.15, -0.1) is 11.3 Å². The monoisotopic (exact) mass is 485 g/mol. The summed E-state index contributed by atoms with van der Waals surface area (Å²) in [4.78, 5) is 40.8. The lowest BCUT2D eigenvalue weighted by atomic mass is 10.1. The van der Waals surface area contributed by atoms with Crippen LogP contribution in [0.4, 0.5) is 5.00 Å². The van der Waals surface area contributed by atoms with Gasteiger partial charge in [0.15, 0.2) is 0 Å². The minimum absolute atomic E-state index is 0.00677. The first-order valence-corrected chi connectivity index (χ1v) is 12.7. The van der Waals surface area contributed by atoms with Gasteiger partial charge < -0.3 is 19.5 Å². The number of aryl methyl sites for hydroxylation is 1. The van der Waals surface area contributed by atoms with Gasteiger partial charge in [0.1, 0.15) is 5.00 Å². The Balaban J connectivity index is 1.54. The minimum Gasteiger partial charge on any atom is -0.378 e. The lowest BCUT2D eigenvalue weighted by Crippen LogP contribution is -2.41. The molecule has 0 saturated carbocycles. The fraction of sp³-hybridized carbons (Fsp3) is 0.375. The van der Waals surface area contributed by atoms with Crippen LogP contribution in [0, 0.1) is 13.8 Å². The molecule has 7 nitrogen and oxygen atoms in total. The summed E-state index contributed by atoms with van der Waals surface area (Å²) in [6.07, 6.45) is 0.816. The van der Waals surface area contributed by atoms with Crippen molar-refractivity contribution in [3.63, 3.8) is 0 Å². The second kappa shape index (κ2) is 10.5. The second-order valence-corrected chi connectivity index (χ2v) is 9.82. The van der Waals surface area contributed by atoms with E-state index < -0.39 is 0 Å². The van der Waals surface area contributed by atoms with Gasteiger partial charge in [0.05, 0.1) is 18.8 Å². The number of amides is 2. The number of benzene rings is 1. The highest BCUT2D eigenvalue weighted by atomic mass is 32.1. The third-order valence-corrected chi connectivity index (χ3v) is 7.85. The molecule has 1 aliphatic rings. The van der Waals surface area contributed by atoms with Crippen molar-refractivity contribution < 1.29 is 14.3 Å². The number of thiophene rings is 1. The average molecular weight is 486 g/mol. The van der Waals surface area contributed by atoms with Crippen LogP contribution in [0.3, 0.4) is 0 Å². The zero-order valence-corrected chi connectivity index (χ0v) is 20.4. The van der Waals surface area contributed by atoms with Crippen molar-refractivity contribution in [2.24, 2.45) is 0 Å². The fourth-order valence-corrected chi connectivity index (χ4v) is 5.89. The van der Waals surface area contributed by atoms with Crippen LogP contribution in [0.2, 0.25) is 0 Å². The van der Waals surface area contributed by atoms with Crippen molar-refractivity contribution in [2.45, 2.75) is 33.2 Å². The van der Waals surface area contributed by atoms with E-state index in [1.807, 2.05) is 49.6 Å². The summed E-state index contributed by atoms with van der Waals surface area (Å²) in [5, 5.41) is 5.39. The van der Waals surface area contributed by atoms with Crippen molar-refractivity contribution in [1.82, 2.24) is 9.47 Å². The summed E-state index contributed by atoms with van der Waals surface area (Å²) in [5.74, 6) is -0.238. The smallest absolute Gasteiger partial charge is 0.307 e. The molecule has 3 heterocycles. The van der Waals surface area contributed by atoms with Gasteiger partial charge in [0, 0.05) is 42.0 Å². The normalized spacial score (nSPS) is 13.8. The zero-order chi connectivity index (χ0) is 23.4. The number of carbonyl (C=O) groups is 2. The third kappa shape index (κ3) is 5.26. The van der Waals surface area contributed by atoms with Gasteiger partial charge in [-0.05, 0) is 31.4 Å². The van der Waals surface area contributed by atoms with Crippen LogP contribution in [0.15, 0.2) is 40.5 Å². The number of hydrogen-bond acceptors (Lipinski definition) is 6. The number of nitrogens with one attached hydrogen (secondary N) is 1. The molecule has 1 aromatic carbocycles. The first kappa shape index (κ1) is 23.4. The molecule has 0 aliphatic carbocycles. The van der Waals surface area contributed by atoms with Crippen LogP contribution in [0.5, 0.6) is 0 Å². The maximum atomic E-state index is 13.4. The van der Waals surface area contributed by atoms with E-state index in [0.717, 1.165) is 21.7 Å². The van der Waals surface area contributed by atoms with E-state index in [9.17, 15) is 14.4 Å². The molecule has 0 bridgehead atoms. The molecule has 4 rings (SSSR count). The molecule has 2 amide bonds. The Bertz CT molecular complexity index is 1190. The Kier molecular flexibility index (Phi) is 7.42.